The van der Waals surface area contributed by atoms with Crippen molar-refractivity contribution >= 4 is 11.8 Å². The lowest BCUT2D eigenvalue weighted by Crippen LogP contribution is -2.27. The Morgan fingerprint density at radius 3 is 2.56 bits per heavy atom. The van der Waals surface area contributed by atoms with E-state index in [4.69, 9.17) is 0 Å². The average Bonchev–Trinajstić information content (AvgIpc) is 3.30. The van der Waals surface area contributed by atoms with Gasteiger partial charge in [0.2, 0.25) is 5.91 Å². The third-order valence-corrected chi connectivity index (χ3v) is 5.73. The highest BCUT2D eigenvalue weighted by molar-refractivity contribution is 5.94. The highest BCUT2D eigenvalue weighted by Gasteiger charge is 2.20. The molecule has 0 unspecified atom stereocenters. The van der Waals surface area contributed by atoms with Gasteiger partial charge in [0.25, 0.3) is 5.91 Å². The second-order valence-electron chi connectivity index (χ2n) is 7.69. The van der Waals surface area contributed by atoms with Gasteiger partial charge in [0.15, 0.2) is 0 Å². The van der Waals surface area contributed by atoms with Gasteiger partial charge in [0.05, 0.1) is 6.04 Å². The van der Waals surface area contributed by atoms with Crippen molar-refractivity contribution in [2.75, 3.05) is 6.54 Å². The maximum atomic E-state index is 12.6. The summed E-state index contributed by atoms with van der Waals surface area (Å²) in [6.07, 6.45) is 5.15. The van der Waals surface area contributed by atoms with Crippen molar-refractivity contribution in [2.45, 2.75) is 51.6 Å². The SMILES string of the molecule is C[C@H](NC(=O)c1ccc(CN2CCCC2=O)cc1)c1ccc2c(c1)CCC2. The fourth-order valence-corrected chi connectivity index (χ4v) is 4.08. The van der Waals surface area contributed by atoms with Crippen LogP contribution in [0.2, 0.25) is 0 Å². The molecule has 2 aliphatic rings. The van der Waals surface area contributed by atoms with Crippen LogP contribution in [0.15, 0.2) is 42.5 Å². The molecule has 0 spiro atoms. The molecule has 0 bridgehead atoms. The molecule has 4 rings (SSSR count). The summed E-state index contributed by atoms with van der Waals surface area (Å²) >= 11 is 0. The Morgan fingerprint density at radius 2 is 1.81 bits per heavy atom. The van der Waals surface area contributed by atoms with Gasteiger partial charge in [-0.15, -0.1) is 0 Å². The highest BCUT2D eigenvalue weighted by Crippen LogP contribution is 2.25. The molecule has 1 saturated heterocycles. The van der Waals surface area contributed by atoms with Gasteiger partial charge in [-0.05, 0) is 67.0 Å². The van der Waals surface area contributed by atoms with Crippen molar-refractivity contribution in [3.8, 4) is 0 Å². The number of nitrogens with one attached hydrogen (secondary N) is 1. The summed E-state index contributed by atoms with van der Waals surface area (Å²) in [6, 6.07) is 14.1. The van der Waals surface area contributed by atoms with Gasteiger partial charge in [-0.25, -0.2) is 0 Å². The number of amides is 2. The molecule has 27 heavy (non-hydrogen) atoms. The van der Waals surface area contributed by atoms with E-state index in [2.05, 4.69) is 23.5 Å². The molecular formula is C23H26N2O2. The summed E-state index contributed by atoms with van der Waals surface area (Å²) in [6.45, 7) is 3.49. The molecule has 1 atom stereocenters. The lowest BCUT2D eigenvalue weighted by atomic mass is 10.0. The minimum atomic E-state index is -0.0632. The lowest BCUT2D eigenvalue weighted by molar-refractivity contribution is -0.128. The van der Waals surface area contributed by atoms with Crippen LogP contribution in [0.1, 0.15) is 64.8 Å². The number of rotatable bonds is 5. The zero-order valence-corrected chi connectivity index (χ0v) is 15.8. The van der Waals surface area contributed by atoms with E-state index in [1.165, 1.54) is 24.0 Å². The number of carbonyl (C=O) groups is 2. The number of nitrogens with zero attached hydrogens (tertiary/aromatic N) is 1. The quantitative estimate of drug-likeness (QED) is 0.880. The minimum absolute atomic E-state index is 0.0229. The number of hydrogen-bond acceptors (Lipinski definition) is 2. The van der Waals surface area contributed by atoms with Gasteiger partial charge in [-0.3, -0.25) is 9.59 Å². The van der Waals surface area contributed by atoms with Crippen LogP contribution in [0.3, 0.4) is 0 Å². The molecule has 140 valence electrons. The van der Waals surface area contributed by atoms with E-state index in [0.29, 0.717) is 18.5 Å². The molecule has 1 N–H and O–H groups in total. The number of likely N-dealkylation sites (tertiary alicyclic amines) is 1. The van der Waals surface area contributed by atoms with E-state index < -0.39 is 0 Å². The van der Waals surface area contributed by atoms with Crippen molar-refractivity contribution in [1.82, 2.24) is 10.2 Å². The summed E-state index contributed by atoms with van der Waals surface area (Å²) in [7, 11) is 0. The van der Waals surface area contributed by atoms with Crippen LogP contribution in [-0.2, 0) is 24.2 Å². The summed E-state index contributed by atoms with van der Waals surface area (Å²) in [5, 5.41) is 3.10. The monoisotopic (exact) mass is 362 g/mol. The minimum Gasteiger partial charge on any atom is -0.346 e. The van der Waals surface area contributed by atoms with E-state index in [0.717, 1.165) is 30.5 Å². The van der Waals surface area contributed by atoms with Crippen LogP contribution in [0.4, 0.5) is 0 Å². The van der Waals surface area contributed by atoms with Crippen molar-refractivity contribution in [2.24, 2.45) is 0 Å². The van der Waals surface area contributed by atoms with Crippen molar-refractivity contribution in [3.05, 3.63) is 70.3 Å². The zero-order valence-electron chi connectivity index (χ0n) is 15.8. The molecule has 0 aromatic heterocycles. The summed E-state index contributed by atoms with van der Waals surface area (Å²) in [4.78, 5) is 26.2. The van der Waals surface area contributed by atoms with E-state index in [-0.39, 0.29) is 17.9 Å². The van der Waals surface area contributed by atoms with Crippen molar-refractivity contribution in [1.29, 1.82) is 0 Å². The zero-order chi connectivity index (χ0) is 18.8. The molecule has 1 heterocycles. The lowest BCUT2D eigenvalue weighted by Gasteiger charge is -2.17. The molecule has 2 aromatic rings. The van der Waals surface area contributed by atoms with Gasteiger partial charge in [0, 0.05) is 25.1 Å². The van der Waals surface area contributed by atoms with Gasteiger partial charge < -0.3 is 10.2 Å². The molecule has 4 heteroatoms. The third-order valence-electron chi connectivity index (χ3n) is 5.73. The topological polar surface area (TPSA) is 49.4 Å². The molecule has 2 aromatic carbocycles. The molecule has 4 nitrogen and oxygen atoms in total. The smallest absolute Gasteiger partial charge is 0.251 e. The second kappa shape index (κ2) is 7.55. The largest absolute Gasteiger partial charge is 0.346 e. The van der Waals surface area contributed by atoms with Crippen LogP contribution in [0.25, 0.3) is 0 Å². The molecule has 1 aliphatic carbocycles. The first-order valence-electron chi connectivity index (χ1n) is 9.89. The van der Waals surface area contributed by atoms with Crippen LogP contribution >= 0.6 is 0 Å². The first kappa shape index (κ1) is 17.8. The first-order chi connectivity index (χ1) is 13.1. The standard InChI is InChI=1S/C23H26N2O2/c1-16(20-12-11-18-4-2-5-21(18)14-20)24-23(27)19-9-7-17(8-10-19)15-25-13-3-6-22(25)26/h7-12,14,16H,2-6,13,15H2,1H3,(H,24,27)/t16-/m0/s1. The number of carbonyl (C=O) groups excluding carboxylic acids is 2. The molecule has 1 fully saturated rings. The van der Waals surface area contributed by atoms with Crippen LogP contribution in [-0.4, -0.2) is 23.3 Å². The number of aryl methyl sites for hydroxylation is 2. The van der Waals surface area contributed by atoms with E-state index in [1.54, 1.807) is 0 Å². The van der Waals surface area contributed by atoms with Crippen LogP contribution in [0.5, 0.6) is 0 Å². The molecule has 0 radical (unpaired) electrons. The van der Waals surface area contributed by atoms with Crippen LogP contribution < -0.4 is 5.32 Å². The highest BCUT2D eigenvalue weighted by atomic mass is 16.2. The normalized spacial score (nSPS) is 17.1. The fourth-order valence-electron chi connectivity index (χ4n) is 4.08. The predicted octanol–water partition coefficient (Wildman–Crippen LogP) is 3.79. The Bertz CT molecular complexity index is 857. The number of fused-ring (bicyclic) bond motifs is 1. The Hall–Kier alpha value is -2.62. The van der Waals surface area contributed by atoms with Crippen LogP contribution in [0, 0.1) is 0 Å². The average molecular weight is 362 g/mol. The first-order valence-corrected chi connectivity index (χ1v) is 9.89. The molecular weight excluding hydrogens is 336 g/mol. The van der Waals surface area contributed by atoms with Gasteiger partial charge in [-0.2, -0.15) is 0 Å². The van der Waals surface area contributed by atoms with Gasteiger partial charge in [0.1, 0.15) is 0 Å². The number of benzene rings is 2. The summed E-state index contributed by atoms with van der Waals surface area (Å²) in [5.41, 5.74) is 5.75. The van der Waals surface area contributed by atoms with Crippen molar-refractivity contribution < 1.29 is 9.59 Å². The van der Waals surface area contributed by atoms with Crippen molar-refractivity contribution in [3.63, 3.8) is 0 Å². The van der Waals surface area contributed by atoms with E-state index in [9.17, 15) is 9.59 Å². The Kier molecular flexibility index (Phi) is 4.97. The predicted molar refractivity (Wildman–Crippen MR) is 105 cm³/mol. The fraction of sp³-hybridized carbons (Fsp3) is 0.391. The maximum absolute atomic E-state index is 12.6. The van der Waals surface area contributed by atoms with E-state index in [1.807, 2.05) is 36.1 Å². The molecule has 1 aliphatic heterocycles. The molecule has 0 saturated carbocycles. The Morgan fingerprint density at radius 1 is 1.04 bits per heavy atom. The van der Waals surface area contributed by atoms with E-state index >= 15 is 0 Å². The third kappa shape index (κ3) is 3.90. The van der Waals surface area contributed by atoms with Gasteiger partial charge >= 0.3 is 0 Å². The summed E-state index contributed by atoms with van der Waals surface area (Å²) in [5.74, 6) is 0.159. The van der Waals surface area contributed by atoms with Gasteiger partial charge in [-0.1, -0.05) is 30.3 Å². The second-order valence-corrected chi connectivity index (χ2v) is 7.69. The molecule has 2 amide bonds. The Balaban J connectivity index is 1.38. The maximum Gasteiger partial charge on any atom is 0.251 e. The Labute approximate surface area is 160 Å². The summed E-state index contributed by atoms with van der Waals surface area (Å²) < 4.78 is 0. The number of hydrogen-bond donors (Lipinski definition) is 1.